The molecule has 0 spiro atoms. The Bertz CT molecular complexity index is 463. The van der Waals surface area contributed by atoms with Crippen LogP contribution in [-0.4, -0.2) is 19.6 Å². The molecule has 1 heterocycles. The van der Waals surface area contributed by atoms with Crippen LogP contribution < -0.4 is 10.2 Å². The quantitative estimate of drug-likeness (QED) is 0.895. The lowest BCUT2D eigenvalue weighted by atomic mass is 9.84. The van der Waals surface area contributed by atoms with Crippen molar-refractivity contribution in [1.29, 1.82) is 0 Å². The van der Waals surface area contributed by atoms with E-state index in [-0.39, 0.29) is 0 Å². The van der Waals surface area contributed by atoms with Crippen LogP contribution in [0.2, 0.25) is 0 Å². The molecule has 0 bridgehead atoms. The molecule has 21 heavy (non-hydrogen) atoms. The van der Waals surface area contributed by atoms with Gasteiger partial charge in [0, 0.05) is 31.9 Å². The van der Waals surface area contributed by atoms with Crippen LogP contribution >= 0.6 is 0 Å². The van der Waals surface area contributed by atoms with Crippen molar-refractivity contribution in [3.63, 3.8) is 0 Å². The van der Waals surface area contributed by atoms with E-state index in [2.05, 4.69) is 42.4 Å². The molecule has 2 heteroatoms. The van der Waals surface area contributed by atoms with E-state index < -0.39 is 0 Å². The van der Waals surface area contributed by atoms with Gasteiger partial charge < -0.3 is 10.2 Å². The summed E-state index contributed by atoms with van der Waals surface area (Å²) in [6, 6.07) is 7.70. The third-order valence-electron chi connectivity index (χ3n) is 5.48. The van der Waals surface area contributed by atoms with Gasteiger partial charge >= 0.3 is 0 Å². The summed E-state index contributed by atoms with van der Waals surface area (Å²) in [6.45, 7) is 4.60. The van der Waals surface area contributed by atoms with Gasteiger partial charge in [0.2, 0.25) is 0 Å². The number of benzene rings is 1. The highest BCUT2D eigenvalue weighted by Crippen LogP contribution is 2.28. The highest BCUT2D eigenvalue weighted by Gasteiger charge is 2.19. The van der Waals surface area contributed by atoms with Crippen molar-refractivity contribution in [1.82, 2.24) is 5.32 Å². The van der Waals surface area contributed by atoms with Gasteiger partial charge in [0.25, 0.3) is 0 Å². The van der Waals surface area contributed by atoms with Gasteiger partial charge in [0.15, 0.2) is 0 Å². The predicted octanol–water partition coefficient (Wildman–Crippen LogP) is 4.13. The fraction of sp³-hybridized carbons (Fsp3) is 0.684. The number of fused-ring (bicyclic) bond motifs is 1. The molecule has 1 fully saturated rings. The predicted molar refractivity (Wildman–Crippen MR) is 90.9 cm³/mol. The van der Waals surface area contributed by atoms with Crippen LogP contribution in [0.4, 0.5) is 5.69 Å². The first kappa shape index (κ1) is 14.9. The van der Waals surface area contributed by atoms with Crippen molar-refractivity contribution in [3.8, 4) is 0 Å². The molecular formula is C19H30N2. The van der Waals surface area contributed by atoms with Crippen LogP contribution in [0.25, 0.3) is 0 Å². The monoisotopic (exact) mass is 286 g/mol. The van der Waals surface area contributed by atoms with Crippen LogP contribution in [-0.2, 0) is 13.0 Å². The zero-order valence-corrected chi connectivity index (χ0v) is 13.7. The van der Waals surface area contributed by atoms with E-state index >= 15 is 0 Å². The molecule has 0 aromatic heterocycles. The molecule has 2 aliphatic rings. The largest absolute Gasteiger partial charge is 0.374 e. The van der Waals surface area contributed by atoms with E-state index in [1.54, 1.807) is 0 Å². The molecule has 0 saturated heterocycles. The molecule has 1 saturated carbocycles. The molecular weight excluding hydrogens is 256 g/mol. The average Bonchev–Trinajstić information content (AvgIpc) is 2.53. The molecule has 1 aromatic carbocycles. The molecule has 1 N–H and O–H groups in total. The second kappa shape index (κ2) is 6.83. The third-order valence-corrected chi connectivity index (χ3v) is 5.48. The van der Waals surface area contributed by atoms with Gasteiger partial charge in [-0.25, -0.2) is 0 Å². The maximum atomic E-state index is 3.77. The van der Waals surface area contributed by atoms with Crippen molar-refractivity contribution in [2.75, 3.05) is 18.5 Å². The van der Waals surface area contributed by atoms with E-state index in [4.69, 9.17) is 0 Å². The molecule has 1 aromatic rings. The standard InChI is InChI=1S/C19H30N2/c1-15(17-7-4-3-5-8-17)20-14-16-10-11-19-18(13-16)9-6-12-21(19)2/h10-11,13,15,17,20H,3-9,12,14H2,1-2H3/t15-/m1/s1. The first-order chi connectivity index (χ1) is 10.2. The molecule has 2 nitrogen and oxygen atoms in total. The van der Waals surface area contributed by atoms with Gasteiger partial charge in [0.1, 0.15) is 0 Å². The van der Waals surface area contributed by atoms with Crippen molar-refractivity contribution < 1.29 is 0 Å². The van der Waals surface area contributed by atoms with Crippen molar-refractivity contribution in [2.24, 2.45) is 5.92 Å². The Kier molecular flexibility index (Phi) is 4.84. The molecule has 1 aliphatic heterocycles. The molecule has 0 unspecified atom stereocenters. The Hall–Kier alpha value is -1.02. The summed E-state index contributed by atoms with van der Waals surface area (Å²) in [5.74, 6) is 0.891. The number of anilines is 1. The Balaban J connectivity index is 1.57. The number of nitrogens with one attached hydrogen (secondary N) is 1. The average molecular weight is 286 g/mol. The summed E-state index contributed by atoms with van der Waals surface area (Å²) >= 11 is 0. The van der Waals surface area contributed by atoms with Crippen molar-refractivity contribution in [3.05, 3.63) is 29.3 Å². The second-order valence-electron chi connectivity index (χ2n) is 7.06. The van der Waals surface area contributed by atoms with E-state index in [0.717, 1.165) is 12.5 Å². The summed E-state index contributed by atoms with van der Waals surface area (Å²) in [6.07, 6.45) is 9.68. The maximum absolute atomic E-state index is 3.77. The fourth-order valence-electron chi connectivity index (χ4n) is 4.03. The SMILES string of the molecule is C[C@@H](NCc1ccc2c(c1)CCCN2C)C1CCCCC1. The lowest BCUT2D eigenvalue weighted by Crippen LogP contribution is -2.34. The minimum absolute atomic E-state index is 0.656. The maximum Gasteiger partial charge on any atom is 0.0396 e. The highest BCUT2D eigenvalue weighted by atomic mass is 15.1. The zero-order valence-electron chi connectivity index (χ0n) is 13.7. The number of aryl methyl sites for hydroxylation is 1. The molecule has 1 aliphatic carbocycles. The van der Waals surface area contributed by atoms with Gasteiger partial charge in [-0.2, -0.15) is 0 Å². The minimum atomic E-state index is 0.656. The Morgan fingerprint density at radius 1 is 1.19 bits per heavy atom. The third kappa shape index (κ3) is 3.60. The lowest BCUT2D eigenvalue weighted by molar-refractivity contribution is 0.280. The van der Waals surface area contributed by atoms with Gasteiger partial charge in [-0.15, -0.1) is 0 Å². The minimum Gasteiger partial charge on any atom is -0.374 e. The smallest absolute Gasteiger partial charge is 0.0396 e. The van der Waals surface area contributed by atoms with Crippen molar-refractivity contribution >= 4 is 5.69 Å². The number of nitrogens with zero attached hydrogens (tertiary/aromatic N) is 1. The van der Waals surface area contributed by atoms with Crippen LogP contribution in [0.1, 0.15) is 56.6 Å². The van der Waals surface area contributed by atoms with Gasteiger partial charge in [0.05, 0.1) is 0 Å². The van der Waals surface area contributed by atoms with E-state index in [1.807, 2.05) is 0 Å². The second-order valence-corrected chi connectivity index (χ2v) is 7.06. The number of hydrogen-bond donors (Lipinski definition) is 1. The summed E-state index contributed by atoms with van der Waals surface area (Å²) in [4.78, 5) is 2.39. The Morgan fingerprint density at radius 2 is 2.00 bits per heavy atom. The summed E-state index contributed by atoms with van der Waals surface area (Å²) in [5, 5.41) is 3.77. The van der Waals surface area contributed by atoms with Crippen LogP contribution in [0, 0.1) is 5.92 Å². The molecule has 116 valence electrons. The molecule has 0 radical (unpaired) electrons. The van der Waals surface area contributed by atoms with Gasteiger partial charge in [-0.1, -0.05) is 31.4 Å². The summed E-state index contributed by atoms with van der Waals surface area (Å²) in [7, 11) is 2.21. The van der Waals surface area contributed by atoms with E-state index in [1.165, 1.54) is 68.3 Å². The fourth-order valence-corrected chi connectivity index (χ4v) is 4.03. The van der Waals surface area contributed by atoms with Crippen LogP contribution in [0.15, 0.2) is 18.2 Å². The first-order valence-electron chi connectivity index (χ1n) is 8.80. The van der Waals surface area contributed by atoms with Crippen LogP contribution in [0.5, 0.6) is 0 Å². The molecule has 1 atom stereocenters. The van der Waals surface area contributed by atoms with E-state index in [9.17, 15) is 0 Å². The van der Waals surface area contributed by atoms with E-state index in [0.29, 0.717) is 6.04 Å². The van der Waals surface area contributed by atoms with Crippen LogP contribution in [0.3, 0.4) is 0 Å². The van der Waals surface area contributed by atoms with Crippen molar-refractivity contribution in [2.45, 2.75) is 64.5 Å². The highest BCUT2D eigenvalue weighted by molar-refractivity contribution is 5.56. The Morgan fingerprint density at radius 3 is 2.81 bits per heavy atom. The number of hydrogen-bond acceptors (Lipinski definition) is 2. The van der Waals surface area contributed by atoms with Gasteiger partial charge in [-0.05, 0) is 55.7 Å². The first-order valence-corrected chi connectivity index (χ1v) is 8.80. The zero-order chi connectivity index (χ0) is 14.7. The topological polar surface area (TPSA) is 15.3 Å². The number of rotatable bonds is 4. The Labute approximate surface area is 129 Å². The molecule has 0 amide bonds. The molecule has 3 rings (SSSR count). The lowest BCUT2D eigenvalue weighted by Gasteiger charge is -2.29. The summed E-state index contributed by atoms with van der Waals surface area (Å²) < 4.78 is 0. The summed E-state index contributed by atoms with van der Waals surface area (Å²) in [5.41, 5.74) is 4.42. The normalized spacial score (nSPS) is 21.1. The van der Waals surface area contributed by atoms with Gasteiger partial charge in [-0.3, -0.25) is 0 Å².